The minimum Gasteiger partial charge on any atom is -0.321 e. The average molecular weight is 898 g/mol. The molecular formula is C64H59N5. The summed E-state index contributed by atoms with van der Waals surface area (Å²) in [6, 6.07) is 82.2. The fourth-order valence-electron chi connectivity index (χ4n) is 10.1. The summed E-state index contributed by atoms with van der Waals surface area (Å²) in [4.78, 5) is 12.3. The highest BCUT2D eigenvalue weighted by atomic mass is 15.4. The van der Waals surface area contributed by atoms with Crippen molar-refractivity contribution in [3.05, 3.63) is 236 Å². The number of anilines is 11. The Morgan fingerprint density at radius 2 is 0.652 bits per heavy atom. The van der Waals surface area contributed by atoms with Crippen molar-refractivity contribution in [2.45, 2.75) is 52.4 Å². The largest absolute Gasteiger partial charge is 0.321 e. The maximum Gasteiger partial charge on any atom is 0.100 e. The number of para-hydroxylation sites is 5. The summed E-state index contributed by atoms with van der Waals surface area (Å²) >= 11 is 0. The summed E-state index contributed by atoms with van der Waals surface area (Å²) in [7, 11) is 0. The molecule has 0 radical (unpaired) electrons. The molecule has 0 saturated carbocycles. The highest BCUT2D eigenvalue weighted by Gasteiger charge is 2.33. The van der Waals surface area contributed by atoms with E-state index in [0.717, 1.165) is 28.4 Å². The molecule has 11 rings (SSSR count). The SMILES string of the molecule is CC(C)(C)c1ccc(-c2ccccc2)c(N2CN(c3cccc(N(c4ccccc4)c4cccc(N5CN(c6cc(C(C)(C)C)ccc6-c6ccccc6)c6ccccc65)c4)c3)c3ccccc32)c1. The highest BCUT2D eigenvalue weighted by molar-refractivity contribution is 5.95. The van der Waals surface area contributed by atoms with Crippen LogP contribution in [0.4, 0.5) is 62.6 Å². The topological polar surface area (TPSA) is 16.2 Å². The first-order valence-corrected chi connectivity index (χ1v) is 24.2. The number of hydrogen-bond donors (Lipinski definition) is 0. The fourth-order valence-corrected chi connectivity index (χ4v) is 10.1. The summed E-state index contributed by atoms with van der Waals surface area (Å²) < 4.78 is 0. The molecular weight excluding hydrogens is 839 g/mol. The zero-order valence-corrected chi connectivity index (χ0v) is 40.5. The minimum absolute atomic E-state index is 0.00305. The lowest BCUT2D eigenvalue weighted by atomic mass is 9.85. The number of fused-ring (bicyclic) bond motifs is 2. The van der Waals surface area contributed by atoms with Crippen LogP contribution < -0.4 is 24.5 Å². The maximum atomic E-state index is 2.50. The first-order valence-electron chi connectivity index (χ1n) is 24.2. The molecule has 9 aromatic rings. The van der Waals surface area contributed by atoms with Gasteiger partial charge >= 0.3 is 0 Å². The zero-order chi connectivity index (χ0) is 47.3. The molecule has 0 fully saturated rings. The molecule has 0 aromatic heterocycles. The van der Waals surface area contributed by atoms with Gasteiger partial charge < -0.3 is 24.5 Å². The molecule has 0 saturated heterocycles. The normalized spacial score (nSPS) is 13.4. The van der Waals surface area contributed by atoms with E-state index in [4.69, 9.17) is 0 Å². The van der Waals surface area contributed by atoms with Gasteiger partial charge in [0, 0.05) is 39.6 Å². The number of benzene rings is 9. The van der Waals surface area contributed by atoms with E-state index >= 15 is 0 Å². The number of rotatable bonds is 9. The first-order chi connectivity index (χ1) is 33.5. The molecule has 0 bridgehead atoms. The van der Waals surface area contributed by atoms with Gasteiger partial charge in [0.1, 0.15) is 13.3 Å². The summed E-state index contributed by atoms with van der Waals surface area (Å²) in [6.45, 7) is 15.1. The maximum absolute atomic E-state index is 2.50. The summed E-state index contributed by atoms with van der Waals surface area (Å²) in [5, 5.41) is 0. The third kappa shape index (κ3) is 8.29. The molecule has 0 aliphatic carbocycles. The highest BCUT2D eigenvalue weighted by Crippen LogP contribution is 2.51. The van der Waals surface area contributed by atoms with E-state index in [1.54, 1.807) is 0 Å². The van der Waals surface area contributed by atoms with Crippen molar-refractivity contribution in [1.29, 1.82) is 0 Å². The minimum atomic E-state index is -0.00305. The van der Waals surface area contributed by atoms with Gasteiger partial charge in [0.2, 0.25) is 0 Å². The molecule has 2 aliphatic heterocycles. The van der Waals surface area contributed by atoms with E-state index < -0.39 is 0 Å². The Hall–Kier alpha value is -8.02. The molecule has 2 heterocycles. The lowest BCUT2D eigenvalue weighted by Crippen LogP contribution is -2.25. The standard InChI is InChI=1S/C64H59N5/c1-63(2,3)48-36-38-55(46-22-10-7-11-23-46)61(40-48)67-44-65(57-32-16-18-34-59(57)67)51-28-20-30-53(42-51)69(50-26-14-9-15-27-50)54-31-21-29-52(43-54)66-45-68(60-35-19-17-33-58(60)66)62-41-49(64(4,5)6)37-39-56(62)47-24-12-8-13-25-47/h7-43H,44-45H2,1-6H3. The number of nitrogens with zero attached hydrogens (tertiary/aromatic N) is 5. The Morgan fingerprint density at radius 1 is 0.304 bits per heavy atom. The summed E-state index contributed by atoms with van der Waals surface area (Å²) in [5.41, 5.74) is 20.2. The molecule has 2 aliphatic rings. The Balaban J connectivity index is 0.975. The molecule has 0 amide bonds. The third-order valence-electron chi connectivity index (χ3n) is 13.8. The van der Waals surface area contributed by atoms with Gasteiger partial charge in [0.25, 0.3) is 0 Å². The van der Waals surface area contributed by atoms with Gasteiger partial charge in [-0.3, -0.25) is 0 Å². The zero-order valence-electron chi connectivity index (χ0n) is 40.5. The van der Waals surface area contributed by atoms with Crippen LogP contribution in [0.3, 0.4) is 0 Å². The van der Waals surface area contributed by atoms with Crippen LogP contribution in [0, 0.1) is 0 Å². The van der Waals surface area contributed by atoms with Gasteiger partial charge in [-0.05, 0) is 118 Å². The monoisotopic (exact) mass is 897 g/mol. The Kier molecular flexibility index (Phi) is 11.1. The molecule has 0 spiro atoms. The second-order valence-electron chi connectivity index (χ2n) is 20.4. The van der Waals surface area contributed by atoms with Crippen molar-refractivity contribution < 1.29 is 0 Å². The van der Waals surface area contributed by atoms with Gasteiger partial charge in [-0.2, -0.15) is 0 Å². The number of hydrogen-bond acceptors (Lipinski definition) is 5. The molecule has 0 N–H and O–H groups in total. The van der Waals surface area contributed by atoms with E-state index in [1.165, 1.54) is 67.5 Å². The smallest absolute Gasteiger partial charge is 0.100 e. The summed E-state index contributed by atoms with van der Waals surface area (Å²) in [6.07, 6.45) is 0. The van der Waals surface area contributed by atoms with Crippen molar-refractivity contribution in [1.82, 2.24) is 0 Å². The van der Waals surface area contributed by atoms with Crippen LogP contribution in [0.1, 0.15) is 52.7 Å². The van der Waals surface area contributed by atoms with E-state index in [2.05, 4.69) is 290 Å². The van der Waals surface area contributed by atoms with Crippen LogP contribution in [0.5, 0.6) is 0 Å². The molecule has 69 heavy (non-hydrogen) atoms. The van der Waals surface area contributed by atoms with Crippen LogP contribution in [-0.4, -0.2) is 13.3 Å². The summed E-state index contributed by atoms with van der Waals surface area (Å²) in [5.74, 6) is 0. The molecule has 5 nitrogen and oxygen atoms in total. The predicted molar refractivity (Wildman–Crippen MR) is 293 cm³/mol. The van der Waals surface area contributed by atoms with Crippen molar-refractivity contribution in [3.63, 3.8) is 0 Å². The molecule has 0 unspecified atom stereocenters. The van der Waals surface area contributed by atoms with Gasteiger partial charge in [-0.1, -0.05) is 181 Å². The lowest BCUT2D eigenvalue weighted by molar-refractivity contribution is 0.590. The predicted octanol–water partition coefficient (Wildman–Crippen LogP) is 17.6. The van der Waals surface area contributed by atoms with E-state index in [1.807, 2.05) is 0 Å². The van der Waals surface area contributed by atoms with Gasteiger partial charge in [0.05, 0.1) is 34.1 Å². The Morgan fingerprint density at radius 3 is 1.04 bits per heavy atom. The quantitative estimate of drug-likeness (QED) is 0.143. The van der Waals surface area contributed by atoms with Crippen LogP contribution in [0.15, 0.2) is 224 Å². The van der Waals surface area contributed by atoms with Crippen molar-refractivity contribution >= 4 is 62.6 Å². The molecule has 0 atom stereocenters. The fraction of sp³-hybridized carbons (Fsp3) is 0.156. The van der Waals surface area contributed by atoms with Crippen molar-refractivity contribution in [2.24, 2.45) is 0 Å². The lowest BCUT2D eigenvalue weighted by Gasteiger charge is -2.30. The average Bonchev–Trinajstić information content (AvgIpc) is 3.96. The van der Waals surface area contributed by atoms with E-state index in [9.17, 15) is 0 Å². The van der Waals surface area contributed by atoms with E-state index in [-0.39, 0.29) is 10.8 Å². The van der Waals surface area contributed by atoms with Crippen LogP contribution in [0.2, 0.25) is 0 Å². The van der Waals surface area contributed by atoms with Crippen molar-refractivity contribution in [2.75, 3.05) is 37.8 Å². The van der Waals surface area contributed by atoms with Crippen molar-refractivity contribution in [3.8, 4) is 22.3 Å². The molecule has 5 heteroatoms. The second-order valence-corrected chi connectivity index (χ2v) is 20.4. The molecule has 9 aromatic carbocycles. The van der Waals surface area contributed by atoms with E-state index in [0.29, 0.717) is 13.3 Å². The third-order valence-corrected chi connectivity index (χ3v) is 13.8. The van der Waals surface area contributed by atoms with Gasteiger partial charge in [-0.15, -0.1) is 0 Å². The second kappa shape index (κ2) is 17.6. The van der Waals surface area contributed by atoms with Crippen LogP contribution in [0.25, 0.3) is 22.3 Å². The Labute approximate surface area is 408 Å². The van der Waals surface area contributed by atoms with Crippen LogP contribution in [-0.2, 0) is 10.8 Å². The van der Waals surface area contributed by atoms with Gasteiger partial charge in [0.15, 0.2) is 0 Å². The molecule has 340 valence electrons. The van der Waals surface area contributed by atoms with Gasteiger partial charge in [-0.25, -0.2) is 0 Å². The first kappa shape index (κ1) is 43.5. The Bertz CT molecular complexity index is 3070. The van der Waals surface area contributed by atoms with Crippen LogP contribution >= 0.6 is 0 Å².